The van der Waals surface area contributed by atoms with Crippen molar-refractivity contribution in [3.63, 3.8) is 0 Å². The van der Waals surface area contributed by atoms with Gasteiger partial charge in [-0.15, -0.1) is 0 Å². The SMILES string of the molecule is CC(C)c1ccc(Cc2ccccc2O)c(C(C)C)c1. The molecule has 0 bridgehead atoms. The number of hydrogen-bond acceptors (Lipinski definition) is 1. The minimum atomic E-state index is 0.384. The number of phenolic OH excluding ortho intramolecular Hbond substituents is 1. The van der Waals surface area contributed by atoms with Crippen LogP contribution in [-0.4, -0.2) is 5.11 Å². The molecule has 0 heterocycles. The summed E-state index contributed by atoms with van der Waals surface area (Å²) in [6.07, 6.45) is 0.790. The fraction of sp³-hybridized carbons (Fsp3) is 0.368. The van der Waals surface area contributed by atoms with E-state index in [1.54, 1.807) is 6.07 Å². The predicted octanol–water partition coefficient (Wildman–Crippen LogP) is 5.23. The van der Waals surface area contributed by atoms with E-state index in [0.717, 1.165) is 12.0 Å². The highest BCUT2D eigenvalue weighted by Gasteiger charge is 2.11. The second-order valence-corrected chi connectivity index (χ2v) is 6.07. The van der Waals surface area contributed by atoms with E-state index in [9.17, 15) is 5.11 Å². The molecule has 0 atom stereocenters. The molecule has 0 fully saturated rings. The Balaban J connectivity index is 2.39. The Morgan fingerprint density at radius 1 is 0.850 bits per heavy atom. The molecule has 0 saturated carbocycles. The molecule has 0 aliphatic heterocycles. The van der Waals surface area contributed by atoms with Crippen LogP contribution in [0.2, 0.25) is 0 Å². The largest absolute Gasteiger partial charge is 0.508 e. The standard InChI is InChI=1S/C19H24O/c1-13(2)15-9-10-16(18(12-15)14(3)4)11-17-7-5-6-8-19(17)20/h5-10,12-14,20H,11H2,1-4H3. The summed E-state index contributed by atoms with van der Waals surface area (Å²) in [5.41, 5.74) is 5.08. The van der Waals surface area contributed by atoms with Crippen molar-refractivity contribution in [2.75, 3.05) is 0 Å². The zero-order chi connectivity index (χ0) is 14.7. The molecule has 2 rings (SSSR count). The molecule has 0 aliphatic carbocycles. The molecule has 0 amide bonds. The van der Waals surface area contributed by atoms with Gasteiger partial charge in [-0.1, -0.05) is 64.1 Å². The van der Waals surface area contributed by atoms with E-state index in [4.69, 9.17) is 0 Å². The number of benzene rings is 2. The zero-order valence-electron chi connectivity index (χ0n) is 12.9. The Labute approximate surface area is 122 Å². The first kappa shape index (κ1) is 14.6. The molecule has 0 aliphatic rings. The van der Waals surface area contributed by atoms with Gasteiger partial charge in [0.05, 0.1) is 0 Å². The highest BCUT2D eigenvalue weighted by molar-refractivity contribution is 5.42. The van der Waals surface area contributed by atoms with Crippen molar-refractivity contribution in [2.24, 2.45) is 0 Å². The first-order valence-electron chi connectivity index (χ1n) is 7.38. The molecule has 2 aromatic rings. The fourth-order valence-electron chi connectivity index (χ4n) is 2.54. The molecule has 1 heteroatoms. The van der Waals surface area contributed by atoms with Crippen molar-refractivity contribution in [3.05, 3.63) is 64.7 Å². The van der Waals surface area contributed by atoms with Crippen molar-refractivity contribution in [2.45, 2.75) is 46.0 Å². The normalized spacial score (nSPS) is 11.3. The van der Waals surface area contributed by atoms with E-state index < -0.39 is 0 Å². The topological polar surface area (TPSA) is 20.2 Å². The zero-order valence-corrected chi connectivity index (χ0v) is 12.9. The summed E-state index contributed by atoms with van der Waals surface area (Å²) in [4.78, 5) is 0. The number of aromatic hydroxyl groups is 1. The highest BCUT2D eigenvalue weighted by Crippen LogP contribution is 2.28. The van der Waals surface area contributed by atoms with Gasteiger partial charge >= 0.3 is 0 Å². The van der Waals surface area contributed by atoms with Crippen LogP contribution in [0.4, 0.5) is 0 Å². The van der Waals surface area contributed by atoms with Crippen LogP contribution in [0, 0.1) is 0 Å². The number of hydrogen-bond donors (Lipinski definition) is 1. The van der Waals surface area contributed by atoms with Gasteiger partial charge in [-0.05, 0) is 40.2 Å². The molecule has 0 unspecified atom stereocenters. The Morgan fingerprint density at radius 2 is 1.55 bits per heavy atom. The molecule has 2 aromatic carbocycles. The molecule has 0 spiro atoms. The molecule has 106 valence electrons. The smallest absolute Gasteiger partial charge is 0.119 e. The lowest BCUT2D eigenvalue weighted by molar-refractivity contribution is 0.469. The summed E-state index contributed by atoms with van der Waals surface area (Å²) in [6.45, 7) is 8.91. The van der Waals surface area contributed by atoms with Crippen LogP contribution in [0.15, 0.2) is 42.5 Å². The van der Waals surface area contributed by atoms with E-state index >= 15 is 0 Å². The lowest BCUT2D eigenvalue weighted by Crippen LogP contribution is -2.00. The van der Waals surface area contributed by atoms with Crippen LogP contribution in [0.25, 0.3) is 0 Å². The summed E-state index contributed by atoms with van der Waals surface area (Å²) >= 11 is 0. The maximum atomic E-state index is 9.94. The minimum absolute atomic E-state index is 0.384. The summed E-state index contributed by atoms with van der Waals surface area (Å²) in [5, 5.41) is 9.94. The second kappa shape index (κ2) is 6.13. The van der Waals surface area contributed by atoms with E-state index in [0.29, 0.717) is 17.6 Å². The maximum absolute atomic E-state index is 9.94. The van der Waals surface area contributed by atoms with Crippen molar-refractivity contribution in [1.82, 2.24) is 0 Å². The van der Waals surface area contributed by atoms with Crippen LogP contribution >= 0.6 is 0 Å². The van der Waals surface area contributed by atoms with Gasteiger partial charge in [0, 0.05) is 6.42 Å². The Morgan fingerprint density at radius 3 is 2.15 bits per heavy atom. The number of rotatable bonds is 4. The summed E-state index contributed by atoms with van der Waals surface area (Å²) in [5.74, 6) is 1.43. The Bertz CT molecular complexity index is 582. The van der Waals surface area contributed by atoms with Crippen molar-refractivity contribution in [1.29, 1.82) is 0 Å². The molecular weight excluding hydrogens is 244 g/mol. The molecule has 20 heavy (non-hydrogen) atoms. The number of para-hydroxylation sites is 1. The highest BCUT2D eigenvalue weighted by atomic mass is 16.3. The van der Waals surface area contributed by atoms with Gasteiger partial charge in [0.2, 0.25) is 0 Å². The Kier molecular flexibility index (Phi) is 4.49. The van der Waals surface area contributed by atoms with Crippen LogP contribution < -0.4 is 0 Å². The van der Waals surface area contributed by atoms with Gasteiger partial charge < -0.3 is 5.11 Å². The van der Waals surface area contributed by atoms with Crippen LogP contribution in [0.5, 0.6) is 5.75 Å². The van der Waals surface area contributed by atoms with Gasteiger partial charge in [-0.3, -0.25) is 0 Å². The lowest BCUT2D eigenvalue weighted by atomic mass is 9.89. The Hall–Kier alpha value is -1.76. The summed E-state index contributed by atoms with van der Waals surface area (Å²) in [6, 6.07) is 14.4. The average molecular weight is 268 g/mol. The molecule has 1 nitrogen and oxygen atoms in total. The van der Waals surface area contributed by atoms with Crippen molar-refractivity contribution < 1.29 is 5.11 Å². The minimum Gasteiger partial charge on any atom is -0.508 e. The van der Waals surface area contributed by atoms with Crippen LogP contribution in [-0.2, 0) is 6.42 Å². The molecule has 0 saturated heterocycles. The lowest BCUT2D eigenvalue weighted by Gasteiger charge is -2.17. The van der Waals surface area contributed by atoms with Crippen LogP contribution in [0.3, 0.4) is 0 Å². The van der Waals surface area contributed by atoms with Gasteiger partial charge in [0.1, 0.15) is 5.75 Å². The van der Waals surface area contributed by atoms with E-state index in [1.165, 1.54) is 16.7 Å². The van der Waals surface area contributed by atoms with Crippen molar-refractivity contribution >= 4 is 0 Å². The average Bonchev–Trinajstić information content (AvgIpc) is 2.41. The monoisotopic (exact) mass is 268 g/mol. The predicted molar refractivity (Wildman–Crippen MR) is 85.5 cm³/mol. The van der Waals surface area contributed by atoms with Gasteiger partial charge in [-0.25, -0.2) is 0 Å². The third-order valence-corrected chi connectivity index (χ3v) is 3.83. The van der Waals surface area contributed by atoms with E-state index in [-0.39, 0.29) is 0 Å². The third-order valence-electron chi connectivity index (χ3n) is 3.83. The van der Waals surface area contributed by atoms with E-state index in [2.05, 4.69) is 45.9 Å². The number of phenols is 1. The first-order chi connectivity index (χ1) is 9.49. The second-order valence-electron chi connectivity index (χ2n) is 6.07. The van der Waals surface area contributed by atoms with Gasteiger partial charge in [-0.2, -0.15) is 0 Å². The molecule has 1 N–H and O–H groups in total. The molecular formula is C19H24O. The first-order valence-corrected chi connectivity index (χ1v) is 7.38. The van der Waals surface area contributed by atoms with Crippen LogP contribution in [0.1, 0.15) is 61.8 Å². The van der Waals surface area contributed by atoms with Gasteiger partial charge in [0.25, 0.3) is 0 Å². The maximum Gasteiger partial charge on any atom is 0.119 e. The molecule has 0 aromatic heterocycles. The summed E-state index contributed by atoms with van der Waals surface area (Å²) < 4.78 is 0. The van der Waals surface area contributed by atoms with Crippen molar-refractivity contribution in [3.8, 4) is 5.75 Å². The van der Waals surface area contributed by atoms with Gasteiger partial charge in [0.15, 0.2) is 0 Å². The third kappa shape index (κ3) is 3.22. The fourth-order valence-corrected chi connectivity index (χ4v) is 2.54. The van der Waals surface area contributed by atoms with E-state index in [1.807, 2.05) is 18.2 Å². The summed E-state index contributed by atoms with van der Waals surface area (Å²) in [7, 11) is 0. The molecule has 0 radical (unpaired) electrons. The quantitative estimate of drug-likeness (QED) is 0.805.